The molecular weight excluding hydrogens is 377 g/mol. The summed E-state index contributed by atoms with van der Waals surface area (Å²) in [6.45, 7) is 0. The van der Waals surface area contributed by atoms with Crippen LogP contribution >= 0.6 is 0 Å². The van der Waals surface area contributed by atoms with Crippen LogP contribution in [0.1, 0.15) is 5.56 Å². The standard InChI is InChI=1S/C22H11F3N4/c23-16-9-20(25)22(27-12-16)21-8-15(11-28-29-21)13-5-6-19(24)18(7-13)17-4-2-1-3-14(17)10-26/h1-9,11-12H. The molecule has 0 aliphatic heterocycles. The third-order valence-electron chi connectivity index (χ3n) is 4.34. The van der Waals surface area contributed by atoms with Gasteiger partial charge in [-0.3, -0.25) is 0 Å². The molecule has 2 heterocycles. The van der Waals surface area contributed by atoms with Crippen molar-refractivity contribution in [2.24, 2.45) is 0 Å². The van der Waals surface area contributed by atoms with Crippen molar-refractivity contribution in [1.29, 1.82) is 5.26 Å². The largest absolute Gasteiger partial charge is 0.248 e. The molecule has 0 aliphatic carbocycles. The SMILES string of the molecule is N#Cc1ccccc1-c1cc(-c2cnnc(-c3ncc(F)cc3F)c2)ccc1F. The van der Waals surface area contributed by atoms with Gasteiger partial charge in [-0.2, -0.15) is 10.4 Å². The molecule has 140 valence electrons. The van der Waals surface area contributed by atoms with Gasteiger partial charge in [0.25, 0.3) is 0 Å². The minimum Gasteiger partial charge on any atom is -0.248 e. The number of aromatic nitrogens is 3. The van der Waals surface area contributed by atoms with Gasteiger partial charge in [0.2, 0.25) is 0 Å². The zero-order chi connectivity index (χ0) is 20.4. The molecular formula is C22H11F3N4. The van der Waals surface area contributed by atoms with Crippen molar-refractivity contribution in [1.82, 2.24) is 15.2 Å². The molecule has 4 rings (SSSR count). The number of hydrogen-bond donors (Lipinski definition) is 0. The van der Waals surface area contributed by atoms with Crippen LogP contribution in [0.5, 0.6) is 0 Å². The molecule has 4 aromatic rings. The quantitative estimate of drug-likeness (QED) is 0.486. The number of nitriles is 1. The Kier molecular flexibility index (Phi) is 4.75. The van der Waals surface area contributed by atoms with Gasteiger partial charge in [-0.15, -0.1) is 5.10 Å². The van der Waals surface area contributed by atoms with E-state index in [0.717, 1.165) is 6.20 Å². The van der Waals surface area contributed by atoms with E-state index in [1.54, 1.807) is 36.4 Å². The highest BCUT2D eigenvalue weighted by Crippen LogP contribution is 2.31. The molecule has 0 amide bonds. The van der Waals surface area contributed by atoms with Gasteiger partial charge >= 0.3 is 0 Å². The van der Waals surface area contributed by atoms with Gasteiger partial charge in [0.15, 0.2) is 5.82 Å². The Morgan fingerprint density at radius 2 is 1.62 bits per heavy atom. The molecule has 0 saturated heterocycles. The molecule has 2 aromatic carbocycles. The zero-order valence-electron chi connectivity index (χ0n) is 14.8. The summed E-state index contributed by atoms with van der Waals surface area (Å²) in [5.74, 6) is -2.14. The third-order valence-corrected chi connectivity index (χ3v) is 4.34. The van der Waals surface area contributed by atoms with E-state index in [1.165, 1.54) is 18.3 Å². The maximum Gasteiger partial charge on any atom is 0.154 e. The molecule has 0 saturated carbocycles. The van der Waals surface area contributed by atoms with Crippen LogP contribution in [0.4, 0.5) is 13.2 Å². The molecule has 0 unspecified atom stereocenters. The summed E-state index contributed by atoms with van der Waals surface area (Å²) in [6.07, 6.45) is 2.33. The highest BCUT2D eigenvalue weighted by molar-refractivity contribution is 5.77. The maximum atomic E-state index is 14.5. The van der Waals surface area contributed by atoms with Gasteiger partial charge in [-0.25, -0.2) is 18.2 Å². The Morgan fingerprint density at radius 1 is 0.793 bits per heavy atom. The van der Waals surface area contributed by atoms with E-state index < -0.39 is 17.5 Å². The van der Waals surface area contributed by atoms with Crippen LogP contribution in [-0.2, 0) is 0 Å². The molecule has 0 spiro atoms. The summed E-state index contributed by atoms with van der Waals surface area (Å²) < 4.78 is 41.6. The first-order valence-electron chi connectivity index (χ1n) is 8.50. The van der Waals surface area contributed by atoms with Crippen LogP contribution in [0, 0.1) is 28.8 Å². The second-order valence-electron chi connectivity index (χ2n) is 6.17. The van der Waals surface area contributed by atoms with Gasteiger partial charge in [-0.05, 0) is 29.8 Å². The van der Waals surface area contributed by atoms with Gasteiger partial charge in [0, 0.05) is 22.8 Å². The van der Waals surface area contributed by atoms with Gasteiger partial charge in [0.1, 0.15) is 23.0 Å². The highest BCUT2D eigenvalue weighted by atomic mass is 19.1. The summed E-state index contributed by atoms with van der Waals surface area (Å²) >= 11 is 0. The summed E-state index contributed by atoms with van der Waals surface area (Å²) in [5.41, 5.74) is 2.16. The van der Waals surface area contributed by atoms with E-state index in [4.69, 9.17) is 0 Å². The van der Waals surface area contributed by atoms with Crippen molar-refractivity contribution < 1.29 is 13.2 Å². The number of nitrogens with zero attached hydrogens (tertiary/aromatic N) is 4. The van der Waals surface area contributed by atoms with Crippen molar-refractivity contribution in [3.05, 3.63) is 90.0 Å². The molecule has 0 bridgehead atoms. The van der Waals surface area contributed by atoms with Crippen molar-refractivity contribution >= 4 is 0 Å². The fourth-order valence-electron chi connectivity index (χ4n) is 2.97. The second-order valence-corrected chi connectivity index (χ2v) is 6.17. The second kappa shape index (κ2) is 7.52. The lowest BCUT2D eigenvalue weighted by molar-refractivity contribution is 0.575. The number of halogens is 3. The molecule has 4 nitrogen and oxygen atoms in total. The third kappa shape index (κ3) is 3.56. The lowest BCUT2D eigenvalue weighted by Gasteiger charge is -2.09. The summed E-state index contributed by atoms with van der Waals surface area (Å²) in [7, 11) is 0. The number of pyridine rings is 1. The van der Waals surface area contributed by atoms with Crippen LogP contribution in [0.3, 0.4) is 0 Å². The van der Waals surface area contributed by atoms with Gasteiger partial charge in [0.05, 0.1) is 24.0 Å². The van der Waals surface area contributed by atoms with E-state index in [2.05, 4.69) is 21.3 Å². The van der Waals surface area contributed by atoms with Gasteiger partial charge < -0.3 is 0 Å². The summed E-state index contributed by atoms with van der Waals surface area (Å²) in [5, 5.41) is 17.0. The molecule has 2 aromatic heterocycles. The van der Waals surface area contributed by atoms with Gasteiger partial charge in [-0.1, -0.05) is 24.3 Å². The Bertz CT molecular complexity index is 1270. The minimum atomic E-state index is -0.862. The average Bonchev–Trinajstić information content (AvgIpc) is 2.74. The number of rotatable bonds is 3. The number of hydrogen-bond acceptors (Lipinski definition) is 4. The van der Waals surface area contributed by atoms with E-state index in [1.807, 2.05) is 0 Å². The molecule has 0 atom stereocenters. The first-order chi connectivity index (χ1) is 14.1. The normalized spacial score (nSPS) is 10.6. The smallest absolute Gasteiger partial charge is 0.154 e. The predicted molar refractivity (Wildman–Crippen MR) is 101 cm³/mol. The van der Waals surface area contributed by atoms with Crippen LogP contribution in [-0.4, -0.2) is 15.2 Å². The minimum absolute atomic E-state index is 0.114. The summed E-state index contributed by atoms with van der Waals surface area (Å²) in [4.78, 5) is 3.74. The summed E-state index contributed by atoms with van der Waals surface area (Å²) in [6, 6.07) is 15.4. The van der Waals surface area contributed by atoms with Crippen LogP contribution < -0.4 is 0 Å². The molecule has 0 aliphatic rings. The van der Waals surface area contributed by atoms with Crippen molar-refractivity contribution in [3.63, 3.8) is 0 Å². The Balaban J connectivity index is 1.82. The fourth-order valence-corrected chi connectivity index (χ4v) is 2.97. The Labute approximate surface area is 163 Å². The lowest BCUT2D eigenvalue weighted by Crippen LogP contribution is -1.96. The van der Waals surface area contributed by atoms with Crippen LogP contribution in [0.15, 0.2) is 67.0 Å². The van der Waals surface area contributed by atoms with E-state index in [9.17, 15) is 18.4 Å². The van der Waals surface area contributed by atoms with Crippen LogP contribution in [0.25, 0.3) is 33.6 Å². The van der Waals surface area contributed by atoms with E-state index in [0.29, 0.717) is 28.3 Å². The fraction of sp³-hybridized carbons (Fsp3) is 0. The van der Waals surface area contributed by atoms with E-state index in [-0.39, 0.29) is 17.0 Å². The first kappa shape index (κ1) is 18.3. The van der Waals surface area contributed by atoms with Crippen LogP contribution in [0.2, 0.25) is 0 Å². The van der Waals surface area contributed by atoms with Crippen molar-refractivity contribution in [2.75, 3.05) is 0 Å². The predicted octanol–water partition coefficient (Wildman–Crippen LogP) is 5.16. The molecule has 0 radical (unpaired) electrons. The molecule has 29 heavy (non-hydrogen) atoms. The molecule has 7 heteroatoms. The lowest BCUT2D eigenvalue weighted by atomic mass is 9.96. The Hall–Kier alpha value is -4.05. The highest BCUT2D eigenvalue weighted by Gasteiger charge is 2.14. The first-order valence-corrected chi connectivity index (χ1v) is 8.50. The maximum absolute atomic E-state index is 14.5. The Morgan fingerprint density at radius 3 is 2.41 bits per heavy atom. The molecule has 0 fully saturated rings. The van der Waals surface area contributed by atoms with E-state index >= 15 is 0 Å². The number of benzene rings is 2. The molecule has 0 N–H and O–H groups in total. The monoisotopic (exact) mass is 388 g/mol. The van der Waals surface area contributed by atoms with Crippen molar-refractivity contribution in [2.45, 2.75) is 0 Å². The average molecular weight is 388 g/mol. The topological polar surface area (TPSA) is 62.5 Å². The van der Waals surface area contributed by atoms with Crippen molar-refractivity contribution in [3.8, 4) is 39.7 Å². The zero-order valence-corrected chi connectivity index (χ0v) is 14.8.